The minimum absolute atomic E-state index is 0.0208. The number of benzene rings is 2. The average molecular weight is 299 g/mol. The maximum Gasteiger partial charge on any atom is 0.220 e. The van der Waals surface area contributed by atoms with Crippen LogP contribution in [-0.2, 0) is 17.6 Å². The Morgan fingerprint density at radius 2 is 1.91 bits per heavy atom. The molecule has 0 spiro atoms. The minimum Gasteiger partial charge on any atom is -0.356 e. The van der Waals surface area contributed by atoms with Crippen molar-refractivity contribution in [3.05, 3.63) is 71.0 Å². The van der Waals surface area contributed by atoms with Gasteiger partial charge in [0.2, 0.25) is 5.91 Å². The van der Waals surface area contributed by atoms with Crippen LogP contribution in [0.15, 0.2) is 48.5 Å². The number of aryl methyl sites for hydroxylation is 3. The van der Waals surface area contributed by atoms with E-state index in [0.29, 0.717) is 24.9 Å². The molecule has 0 atom stereocenters. The number of carbonyl (C=O) groups is 1. The van der Waals surface area contributed by atoms with Gasteiger partial charge in [0.05, 0.1) is 0 Å². The highest BCUT2D eigenvalue weighted by atomic mass is 19.1. The molecule has 0 radical (unpaired) electrons. The Kier molecular flexibility index (Phi) is 6.13. The van der Waals surface area contributed by atoms with Crippen LogP contribution in [0, 0.1) is 12.7 Å². The van der Waals surface area contributed by atoms with Gasteiger partial charge in [-0.05, 0) is 43.4 Å². The summed E-state index contributed by atoms with van der Waals surface area (Å²) in [6.45, 7) is 2.73. The molecule has 0 heterocycles. The van der Waals surface area contributed by atoms with E-state index in [9.17, 15) is 9.18 Å². The van der Waals surface area contributed by atoms with Crippen molar-refractivity contribution in [3.63, 3.8) is 0 Å². The molecule has 2 nitrogen and oxygen atoms in total. The van der Waals surface area contributed by atoms with Crippen LogP contribution < -0.4 is 5.32 Å². The molecule has 0 bridgehead atoms. The maximum atomic E-state index is 13.4. The third-order valence-corrected chi connectivity index (χ3v) is 3.63. The summed E-state index contributed by atoms with van der Waals surface area (Å²) in [5.74, 6) is -0.262. The van der Waals surface area contributed by atoms with Crippen molar-refractivity contribution in [2.24, 2.45) is 0 Å². The Labute approximate surface area is 131 Å². The molecule has 0 fully saturated rings. The first-order chi connectivity index (χ1) is 10.6. The fraction of sp³-hybridized carbons (Fsp3) is 0.316. The number of rotatable bonds is 7. The first kappa shape index (κ1) is 16.2. The van der Waals surface area contributed by atoms with Gasteiger partial charge in [0, 0.05) is 13.0 Å². The molecular formula is C19H22FNO. The largest absolute Gasteiger partial charge is 0.356 e. The van der Waals surface area contributed by atoms with Gasteiger partial charge in [-0.3, -0.25) is 4.79 Å². The van der Waals surface area contributed by atoms with Crippen LogP contribution in [0.1, 0.15) is 29.5 Å². The second kappa shape index (κ2) is 8.32. The molecular weight excluding hydrogens is 277 g/mol. The molecule has 0 aliphatic rings. The van der Waals surface area contributed by atoms with Crippen molar-refractivity contribution in [2.45, 2.75) is 32.6 Å². The quantitative estimate of drug-likeness (QED) is 0.774. The molecule has 0 unspecified atom stereocenters. The van der Waals surface area contributed by atoms with Gasteiger partial charge >= 0.3 is 0 Å². The molecule has 3 heteroatoms. The summed E-state index contributed by atoms with van der Waals surface area (Å²) < 4.78 is 13.4. The highest BCUT2D eigenvalue weighted by Gasteiger charge is 2.05. The van der Waals surface area contributed by atoms with Gasteiger partial charge in [-0.2, -0.15) is 0 Å². The Morgan fingerprint density at radius 1 is 1.09 bits per heavy atom. The standard InChI is InChI=1S/C19H22FNO/c1-15-6-4-7-16(14-15)8-5-13-21-19(22)12-11-17-9-2-3-10-18(17)20/h2-4,6-7,9-10,14H,5,8,11-13H2,1H3,(H,21,22). The Balaban J connectivity index is 1.65. The number of halogens is 1. The molecule has 2 rings (SSSR count). The zero-order valence-corrected chi connectivity index (χ0v) is 12.9. The molecule has 22 heavy (non-hydrogen) atoms. The summed E-state index contributed by atoms with van der Waals surface area (Å²) in [5.41, 5.74) is 3.14. The van der Waals surface area contributed by atoms with E-state index < -0.39 is 0 Å². The lowest BCUT2D eigenvalue weighted by atomic mass is 10.1. The summed E-state index contributed by atoms with van der Waals surface area (Å²) in [6.07, 6.45) is 2.63. The molecule has 0 saturated heterocycles. The van der Waals surface area contributed by atoms with Gasteiger partial charge in [0.15, 0.2) is 0 Å². The predicted octanol–water partition coefficient (Wildman–Crippen LogP) is 3.82. The smallest absolute Gasteiger partial charge is 0.220 e. The zero-order chi connectivity index (χ0) is 15.8. The van der Waals surface area contributed by atoms with Crippen LogP contribution in [0.3, 0.4) is 0 Å². The molecule has 116 valence electrons. The fourth-order valence-electron chi connectivity index (χ4n) is 2.43. The average Bonchev–Trinajstić information content (AvgIpc) is 2.51. The molecule has 0 saturated carbocycles. The molecule has 0 aliphatic carbocycles. The SMILES string of the molecule is Cc1cccc(CCCNC(=O)CCc2ccccc2F)c1. The minimum atomic E-state index is -0.241. The van der Waals surface area contributed by atoms with Gasteiger partial charge < -0.3 is 5.32 Å². The van der Waals surface area contributed by atoms with Crippen molar-refractivity contribution in [1.29, 1.82) is 0 Å². The number of carbonyl (C=O) groups excluding carboxylic acids is 1. The number of nitrogens with one attached hydrogen (secondary N) is 1. The zero-order valence-electron chi connectivity index (χ0n) is 12.9. The van der Waals surface area contributed by atoms with Gasteiger partial charge in [0.25, 0.3) is 0 Å². The van der Waals surface area contributed by atoms with Gasteiger partial charge in [-0.15, -0.1) is 0 Å². The normalized spacial score (nSPS) is 10.5. The van der Waals surface area contributed by atoms with Crippen LogP contribution in [0.4, 0.5) is 4.39 Å². The lowest BCUT2D eigenvalue weighted by Crippen LogP contribution is -2.25. The summed E-state index contributed by atoms with van der Waals surface area (Å²) in [6, 6.07) is 15.0. The third-order valence-electron chi connectivity index (χ3n) is 3.63. The number of amides is 1. The van der Waals surface area contributed by atoms with E-state index in [2.05, 4.69) is 36.5 Å². The van der Waals surface area contributed by atoms with E-state index in [1.807, 2.05) is 0 Å². The van der Waals surface area contributed by atoms with Crippen molar-refractivity contribution >= 4 is 5.91 Å². The Bertz CT molecular complexity index is 624. The predicted molar refractivity (Wildman–Crippen MR) is 87.2 cm³/mol. The summed E-state index contributed by atoms with van der Waals surface area (Å²) >= 11 is 0. The van der Waals surface area contributed by atoms with Crippen LogP contribution in [0.5, 0.6) is 0 Å². The third kappa shape index (κ3) is 5.32. The van der Waals surface area contributed by atoms with Gasteiger partial charge in [-0.1, -0.05) is 48.0 Å². The fourth-order valence-corrected chi connectivity index (χ4v) is 2.43. The van der Waals surface area contributed by atoms with Gasteiger partial charge in [0.1, 0.15) is 5.82 Å². The van der Waals surface area contributed by atoms with E-state index in [0.717, 1.165) is 12.8 Å². The monoisotopic (exact) mass is 299 g/mol. The molecule has 1 amide bonds. The van der Waals surface area contributed by atoms with Crippen molar-refractivity contribution in [3.8, 4) is 0 Å². The lowest BCUT2D eigenvalue weighted by Gasteiger charge is -2.06. The maximum absolute atomic E-state index is 13.4. The molecule has 2 aromatic carbocycles. The van der Waals surface area contributed by atoms with E-state index in [4.69, 9.17) is 0 Å². The highest BCUT2D eigenvalue weighted by molar-refractivity contribution is 5.76. The van der Waals surface area contributed by atoms with E-state index in [1.54, 1.807) is 18.2 Å². The van der Waals surface area contributed by atoms with E-state index in [-0.39, 0.29) is 11.7 Å². The Hall–Kier alpha value is -2.16. The second-order valence-electron chi connectivity index (χ2n) is 5.53. The van der Waals surface area contributed by atoms with Gasteiger partial charge in [-0.25, -0.2) is 4.39 Å². The number of hydrogen-bond donors (Lipinski definition) is 1. The van der Waals surface area contributed by atoms with Crippen molar-refractivity contribution in [2.75, 3.05) is 6.54 Å². The van der Waals surface area contributed by atoms with Crippen LogP contribution in [-0.4, -0.2) is 12.5 Å². The van der Waals surface area contributed by atoms with E-state index >= 15 is 0 Å². The highest BCUT2D eigenvalue weighted by Crippen LogP contribution is 2.09. The molecule has 0 aromatic heterocycles. The van der Waals surface area contributed by atoms with E-state index in [1.165, 1.54) is 17.2 Å². The van der Waals surface area contributed by atoms with Crippen LogP contribution in [0.25, 0.3) is 0 Å². The summed E-state index contributed by atoms with van der Waals surface area (Å²) in [4.78, 5) is 11.8. The second-order valence-corrected chi connectivity index (χ2v) is 5.53. The van der Waals surface area contributed by atoms with Crippen molar-refractivity contribution < 1.29 is 9.18 Å². The van der Waals surface area contributed by atoms with Crippen LogP contribution in [0.2, 0.25) is 0 Å². The first-order valence-electron chi connectivity index (χ1n) is 7.71. The Morgan fingerprint density at radius 3 is 2.68 bits per heavy atom. The molecule has 0 aliphatic heterocycles. The first-order valence-corrected chi connectivity index (χ1v) is 7.71. The van der Waals surface area contributed by atoms with Crippen LogP contribution >= 0.6 is 0 Å². The summed E-state index contributed by atoms with van der Waals surface area (Å²) in [7, 11) is 0. The molecule has 1 N–H and O–H groups in total. The lowest BCUT2D eigenvalue weighted by molar-refractivity contribution is -0.121. The topological polar surface area (TPSA) is 29.1 Å². The van der Waals surface area contributed by atoms with Crippen molar-refractivity contribution in [1.82, 2.24) is 5.32 Å². The molecule has 2 aromatic rings. The summed E-state index contributed by atoms with van der Waals surface area (Å²) in [5, 5.41) is 2.90. The number of hydrogen-bond acceptors (Lipinski definition) is 1.